The number of hydrogen-bond acceptors (Lipinski definition) is 3. The standard InChI is InChI=1S/C14H14N4O/c1-18(8-5-12-3-2-6-16-12)14(19)11-4-7-17-13(9-11)10-15/h2-4,6-7,9,16H,5,8H2,1H3. The van der Waals surface area contributed by atoms with Gasteiger partial charge in [-0.2, -0.15) is 5.26 Å². The van der Waals surface area contributed by atoms with Crippen molar-refractivity contribution in [1.82, 2.24) is 14.9 Å². The molecule has 0 bridgehead atoms. The molecule has 19 heavy (non-hydrogen) atoms. The second kappa shape index (κ2) is 5.83. The van der Waals surface area contributed by atoms with Crippen molar-refractivity contribution in [3.8, 4) is 6.07 Å². The first-order chi connectivity index (χ1) is 9.20. The number of aromatic amines is 1. The van der Waals surface area contributed by atoms with E-state index in [0.29, 0.717) is 12.1 Å². The number of amides is 1. The van der Waals surface area contributed by atoms with Crippen molar-refractivity contribution in [3.63, 3.8) is 0 Å². The van der Waals surface area contributed by atoms with E-state index in [1.165, 1.54) is 12.3 Å². The van der Waals surface area contributed by atoms with Crippen LogP contribution in [0, 0.1) is 11.3 Å². The molecular weight excluding hydrogens is 240 g/mol. The van der Waals surface area contributed by atoms with Gasteiger partial charge in [-0.05, 0) is 24.3 Å². The minimum atomic E-state index is -0.106. The summed E-state index contributed by atoms with van der Waals surface area (Å²) in [5, 5.41) is 8.77. The van der Waals surface area contributed by atoms with Crippen LogP contribution in [0.1, 0.15) is 21.7 Å². The number of nitriles is 1. The van der Waals surface area contributed by atoms with Crippen LogP contribution in [0.4, 0.5) is 0 Å². The van der Waals surface area contributed by atoms with Gasteiger partial charge in [0.05, 0.1) is 0 Å². The molecule has 0 aliphatic carbocycles. The molecule has 2 aromatic rings. The molecule has 0 aromatic carbocycles. The molecule has 1 amide bonds. The van der Waals surface area contributed by atoms with E-state index >= 15 is 0 Å². The molecule has 0 radical (unpaired) electrons. The Bertz CT molecular complexity index is 598. The van der Waals surface area contributed by atoms with Crippen molar-refractivity contribution in [2.24, 2.45) is 0 Å². The van der Waals surface area contributed by atoms with Gasteiger partial charge in [0.1, 0.15) is 11.8 Å². The number of carbonyl (C=O) groups is 1. The van der Waals surface area contributed by atoms with Crippen LogP contribution in [-0.2, 0) is 6.42 Å². The van der Waals surface area contributed by atoms with E-state index in [0.717, 1.165) is 12.1 Å². The smallest absolute Gasteiger partial charge is 0.253 e. The van der Waals surface area contributed by atoms with Gasteiger partial charge in [-0.25, -0.2) is 4.98 Å². The van der Waals surface area contributed by atoms with Gasteiger partial charge in [0.15, 0.2) is 0 Å². The zero-order valence-corrected chi connectivity index (χ0v) is 10.6. The van der Waals surface area contributed by atoms with Crippen LogP contribution in [0.3, 0.4) is 0 Å². The number of H-pyrrole nitrogens is 1. The van der Waals surface area contributed by atoms with E-state index in [1.54, 1.807) is 18.0 Å². The van der Waals surface area contributed by atoms with E-state index in [1.807, 2.05) is 24.4 Å². The molecule has 0 spiro atoms. The highest BCUT2D eigenvalue weighted by Gasteiger charge is 2.12. The fraction of sp³-hybridized carbons (Fsp3) is 0.214. The summed E-state index contributed by atoms with van der Waals surface area (Å²) >= 11 is 0. The van der Waals surface area contributed by atoms with Crippen LogP contribution in [0.15, 0.2) is 36.7 Å². The Hall–Kier alpha value is -2.61. The average Bonchev–Trinajstić information content (AvgIpc) is 2.97. The number of hydrogen-bond donors (Lipinski definition) is 1. The SMILES string of the molecule is CN(CCc1ccc[nH]1)C(=O)c1ccnc(C#N)c1. The minimum Gasteiger partial charge on any atom is -0.365 e. The quantitative estimate of drug-likeness (QED) is 0.900. The summed E-state index contributed by atoms with van der Waals surface area (Å²) < 4.78 is 0. The molecule has 2 aromatic heterocycles. The van der Waals surface area contributed by atoms with Crippen LogP contribution >= 0.6 is 0 Å². The van der Waals surface area contributed by atoms with Gasteiger partial charge in [0.25, 0.3) is 5.91 Å². The summed E-state index contributed by atoms with van der Waals surface area (Å²) in [6.07, 6.45) is 4.11. The molecule has 2 heterocycles. The molecule has 0 fully saturated rings. The van der Waals surface area contributed by atoms with Gasteiger partial charge in [-0.1, -0.05) is 0 Å². The first-order valence-corrected chi connectivity index (χ1v) is 5.94. The largest absolute Gasteiger partial charge is 0.365 e. The highest BCUT2D eigenvalue weighted by atomic mass is 16.2. The zero-order chi connectivity index (χ0) is 13.7. The Morgan fingerprint density at radius 2 is 2.37 bits per heavy atom. The van der Waals surface area contributed by atoms with Gasteiger partial charge in [-0.3, -0.25) is 4.79 Å². The van der Waals surface area contributed by atoms with E-state index < -0.39 is 0 Å². The van der Waals surface area contributed by atoms with Gasteiger partial charge < -0.3 is 9.88 Å². The third-order valence-electron chi connectivity index (χ3n) is 2.85. The lowest BCUT2D eigenvalue weighted by Gasteiger charge is -2.16. The molecule has 2 rings (SSSR count). The molecule has 1 N–H and O–H groups in total. The van der Waals surface area contributed by atoms with Crippen molar-refractivity contribution in [1.29, 1.82) is 5.26 Å². The first kappa shape index (κ1) is 12.8. The molecule has 0 aliphatic heterocycles. The summed E-state index contributed by atoms with van der Waals surface area (Å²) in [5.74, 6) is -0.106. The third kappa shape index (κ3) is 3.19. The van der Waals surface area contributed by atoms with Crippen LogP contribution in [0.2, 0.25) is 0 Å². The summed E-state index contributed by atoms with van der Waals surface area (Å²) in [6.45, 7) is 0.615. The Balaban J connectivity index is 2.00. The van der Waals surface area contributed by atoms with Crippen molar-refractivity contribution in [2.75, 3.05) is 13.6 Å². The van der Waals surface area contributed by atoms with Crippen LogP contribution in [0.5, 0.6) is 0 Å². The highest BCUT2D eigenvalue weighted by molar-refractivity contribution is 5.94. The fourth-order valence-corrected chi connectivity index (χ4v) is 1.76. The molecule has 0 atom stereocenters. The van der Waals surface area contributed by atoms with Gasteiger partial charge in [0, 0.05) is 43.7 Å². The number of likely N-dealkylation sites (N-methyl/N-ethyl adjacent to an activating group) is 1. The number of rotatable bonds is 4. The van der Waals surface area contributed by atoms with E-state index in [2.05, 4.69) is 9.97 Å². The molecule has 0 saturated heterocycles. The van der Waals surface area contributed by atoms with Crippen LogP contribution < -0.4 is 0 Å². The average molecular weight is 254 g/mol. The predicted molar refractivity (Wildman–Crippen MR) is 70.4 cm³/mol. The molecule has 0 aliphatic rings. The second-order valence-electron chi connectivity index (χ2n) is 4.21. The van der Waals surface area contributed by atoms with Gasteiger partial charge in [0.2, 0.25) is 0 Å². The number of carbonyl (C=O) groups excluding carboxylic acids is 1. The monoisotopic (exact) mass is 254 g/mol. The maximum absolute atomic E-state index is 12.2. The Morgan fingerprint density at radius 3 is 3.05 bits per heavy atom. The lowest BCUT2D eigenvalue weighted by Crippen LogP contribution is -2.29. The summed E-state index contributed by atoms with van der Waals surface area (Å²) in [4.78, 5) is 20.7. The first-order valence-electron chi connectivity index (χ1n) is 5.94. The van der Waals surface area contributed by atoms with E-state index in [-0.39, 0.29) is 11.6 Å². The zero-order valence-electron chi connectivity index (χ0n) is 10.6. The second-order valence-corrected chi connectivity index (χ2v) is 4.21. The molecule has 0 saturated carbocycles. The van der Waals surface area contributed by atoms with Gasteiger partial charge >= 0.3 is 0 Å². The molecular formula is C14H14N4O. The van der Waals surface area contributed by atoms with Crippen molar-refractivity contribution >= 4 is 5.91 Å². The normalized spacial score (nSPS) is 9.89. The van der Waals surface area contributed by atoms with Gasteiger partial charge in [-0.15, -0.1) is 0 Å². The van der Waals surface area contributed by atoms with E-state index in [9.17, 15) is 4.79 Å². The summed E-state index contributed by atoms with van der Waals surface area (Å²) in [5.41, 5.74) is 1.83. The Kier molecular flexibility index (Phi) is 3.94. The molecule has 96 valence electrons. The number of pyridine rings is 1. The lowest BCUT2D eigenvalue weighted by molar-refractivity contribution is 0.0796. The summed E-state index contributed by atoms with van der Waals surface area (Å²) in [6, 6.07) is 8.97. The Morgan fingerprint density at radius 1 is 1.53 bits per heavy atom. The van der Waals surface area contributed by atoms with Crippen LogP contribution in [-0.4, -0.2) is 34.4 Å². The molecule has 5 heteroatoms. The maximum Gasteiger partial charge on any atom is 0.253 e. The minimum absolute atomic E-state index is 0.106. The van der Waals surface area contributed by atoms with Crippen molar-refractivity contribution < 1.29 is 4.79 Å². The predicted octanol–water partition coefficient (Wildman–Crippen LogP) is 1.60. The fourth-order valence-electron chi connectivity index (χ4n) is 1.76. The number of nitrogens with one attached hydrogen (secondary N) is 1. The summed E-state index contributed by atoms with van der Waals surface area (Å²) in [7, 11) is 1.75. The molecule has 5 nitrogen and oxygen atoms in total. The number of nitrogens with zero attached hydrogens (tertiary/aromatic N) is 3. The van der Waals surface area contributed by atoms with Crippen molar-refractivity contribution in [3.05, 3.63) is 53.6 Å². The highest BCUT2D eigenvalue weighted by Crippen LogP contribution is 2.06. The lowest BCUT2D eigenvalue weighted by atomic mass is 10.2. The number of aromatic nitrogens is 2. The third-order valence-corrected chi connectivity index (χ3v) is 2.85. The topological polar surface area (TPSA) is 72.8 Å². The maximum atomic E-state index is 12.2. The van der Waals surface area contributed by atoms with Crippen molar-refractivity contribution in [2.45, 2.75) is 6.42 Å². The molecule has 0 unspecified atom stereocenters. The van der Waals surface area contributed by atoms with Crippen LogP contribution in [0.25, 0.3) is 0 Å². The Labute approximate surface area is 111 Å². The van der Waals surface area contributed by atoms with E-state index in [4.69, 9.17) is 5.26 Å².